The van der Waals surface area contributed by atoms with E-state index in [1.807, 2.05) is 13.8 Å². The first-order valence-electron chi connectivity index (χ1n) is 6.05. The summed E-state index contributed by atoms with van der Waals surface area (Å²) in [6.07, 6.45) is 0.305. The van der Waals surface area contributed by atoms with Crippen molar-refractivity contribution in [1.82, 2.24) is 5.32 Å². The third kappa shape index (κ3) is 5.05. The molecule has 0 fully saturated rings. The van der Waals surface area contributed by atoms with Crippen molar-refractivity contribution in [2.24, 2.45) is 5.92 Å². The number of hydrogen-bond acceptors (Lipinski definition) is 2. The lowest BCUT2D eigenvalue weighted by Crippen LogP contribution is -2.43. The summed E-state index contributed by atoms with van der Waals surface area (Å²) < 4.78 is 12.9. The maximum absolute atomic E-state index is 12.9. The Balaban J connectivity index is 2.68. The molecule has 0 saturated carbocycles. The molecule has 1 aromatic carbocycles. The van der Waals surface area contributed by atoms with Crippen LogP contribution in [0.5, 0.6) is 0 Å². The number of amides is 2. The molecule has 0 bridgehead atoms. The standard InChI is InChI=1S/C13H16ClFN2O3/c1-7(2)5-11(12(18)19)17-13(20)16-10-4-3-8(15)6-9(10)14/h3-4,6-7,11H,5H2,1-2H3,(H,18,19)(H2,16,17,20). The first kappa shape index (κ1) is 16.2. The Labute approximate surface area is 121 Å². The minimum absolute atomic E-state index is 0.0379. The van der Waals surface area contributed by atoms with Crippen molar-refractivity contribution in [2.75, 3.05) is 5.32 Å². The molecule has 0 aliphatic carbocycles. The second kappa shape index (κ2) is 7.09. The molecule has 20 heavy (non-hydrogen) atoms. The van der Waals surface area contributed by atoms with E-state index in [9.17, 15) is 14.0 Å². The third-order valence-corrected chi connectivity index (χ3v) is 2.80. The van der Waals surface area contributed by atoms with E-state index in [1.165, 1.54) is 6.07 Å². The van der Waals surface area contributed by atoms with Crippen molar-refractivity contribution in [3.63, 3.8) is 0 Å². The number of carbonyl (C=O) groups excluding carboxylic acids is 1. The normalized spacial score (nSPS) is 12.1. The molecule has 1 rings (SSSR count). The molecule has 0 aromatic heterocycles. The maximum Gasteiger partial charge on any atom is 0.326 e. The Morgan fingerprint density at radius 2 is 2.05 bits per heavy atom. The van der Waals surface area contributed by atoms with E-state index < -0.39 is 23.9 Å². The molecular formula is C13H16ClFN2O3. The van der Waals surface area contributed by atoms with Gasteiger partial charge >= 0.3 is 12.0 Å². The number of carbonyl (C=O) groups is 2. The van der Waals surface area contributed by atoms with Crippen molar-refractivity contribution < 1.29 is 19.1 Å². The zero-order valence-electron chi connectivity index (χ0n) is 11.1. The van der Waals surface area contributed by atoms with Gasteiger partial charge in [-0.2, -0.15) is 0 Å². The molecule has 0 spiro atoms. The van der Waals surface area contributed by atoms with Crippen molar-refractivity contribution >= 4 is 29.3 Å². The van der Waals surface area contributed by atoms with Gasteiger partial charge in [-0.05, 0) is 30.5 Å². The number of benzene rings is 1. The van der Waals surface area contributed by atoms with Crippen LogP contribution >= 0.6 is 11.6 Å². The van der Waals surface area contributed by atoms with Gasteiger partial charge in [0.15, 0.2) is 0 Å². The molecular weight excluding hydrogens is 287 g/mol. The lowest BCUT2D eigenvalue weighted by molar-refractivity contribution is -0.139. The van der Waals surface area contributed by atoms with Crippen molar-refractivity contribution in [3.05, 3.63) is 29.0 Å². The van der Waals surface area contributed by atoms with Gasteiger partial charge in [-0.1, -0.05) is 25.4 Å². The fourth-order valence-electron chi connectivity index (χ4n) is 1.60. The number of urea groups is 1. The summed E-state index contributed by atoms with van der Waals surface area (Å²) in [7, 11) is 0. The quantitative estimate of drug-likeness (QED) is 0.782. The molecule has 3 N–H and O–H groups in total. The molecule has 0 aliphatic heterocycles. The fraction of sp³-hybridized carbons (Fsp3) is 0.385. The van der Waals surface area contributed by atoms with Gasteiger partial charge in [0.05, 0.1) is 10.7 Å². The van der Waals surface area contributed by atoms with E-state index in [2.05, 4.69) is 10.6 Å². The second-order valence-corrected chi connectivity index (χ2v) is 5.15. The van der Waals surface area contributed by atoms with Crippen molar-refractivity contribution in [2.45, 2.75) is 26.3 Å². The molecule has 0 aliphatic rings. The Hall–Kier alpha value is -1.82. The topological polar surface area (TPSA) is 78.4 Å². The van der Waals surface area contributed by atoms with E-state index in [1.54, 1.807) is 0 Å². The summed E-state index contributed by atoms with van der Waals surface area (Å²) in [6.45, 7) is 3.71. The minimum Gasteiger partial charge on any atom is -0.480 e. The van der Waals surface area contributed by atoms with Gasteiger partial charge in [0, 0.05) is 0 Å². The van der Waals surface area contributed by atoms with Crippen LogP contribution in [0.25, 0.3) is 0 Å². The van der Waals surface area contributed by atoms with Gasteiger partial charge in [-0.3, -0.25) is 0 Å². The molecule has 5 nitrogen and oxygen atoms in total. The van der Waals surface area contributed by atoms with E-state index >= 15 is 0 Å². The monoisotopic (exact) mass is 302 g/mol. The molecule has 1 unspecified atom stereocenters. The third-order valence-electron chi connectivity index (χ3n) is 2.49. The zero-order valence-corrected chi connectivity index (χ0v) is 11.9. The molecule has 1 atom stereocenters. The highest BCUT2D eigenvalue weighted by molar-refractivity contribution is 6.33. The summed E-state index contributed by atoms with van der Waals surface area (Å²) in [5.41, 5.74) is 0.208. The Bertz CT molecular complexity index is 508. The number of hydrogen-bond donors (Lipinski definition) is 3. The predicted octanol–water partition coefficient (Wildman–Crippen LogP) is 3.10. The Kier molecular flexibility index (Phi) is 5.76. The van der Waals surface area contributed by atoms with Crippen LogP contribution in [0.15, 0.2) is 18.2 Å². The van der Waals surface area contributed by atoms with Crippen LogP contribution in [0.3, 0.4) is 0 Å². The summed E-state index contributed by atoms with van der Waals surface area (Å²) >= 11 is 5.76. The summed E-state index contributed by atoms with van der Waals surface area (Å²) in [5, 5.41) is 13.8. The van der Waals surface area contributed by atoms with E-state index in [0.29, 0.717) is 6.42 Å². The van der Waals surface area contributed by atoms with Crippen LogP contribution in [-0.4, -0.2) is 23.1 Å². The lowest BCUT2D eigenvalue weighted by atomic mass is 10.0. The highest BCUT2D eigenvalue weighted by Crippen LogP contribution is 2.22. The van der Waals surface area contributed by atoms with Crippen LogP contribution < -0.4 is 10.6 Å². The average Bonchev–Trinajstić information content (AvgIpc) is 2.31. The SMILES string of the molecule is CC(C)CC(NC(=O)Nc1ccc(F)cc1Cl)C(=O)O. The predicted molar refractivity (Wildman–Crippen MR) is 74.4 cm³/mol. The smallest absolute Gasteiger partial charge is 0.326 e. The maximum atomic E-state index is 12.9. The number of carboxylic acid groups (broad SMARTS) is 1. The summed E-state index contributed by atoms with van der Waals surface area (Å²) in [4.78, 5) is 22.7. The zero-order chi connectivity index (χ0) is 15.3. The average molecular weight is 303 g/mol. The van der Waals surface area contributed by atoms with Gasteiger partial charge < -0.3 is 15.7 Å². The number of nitrogens with one attached hydrogen (secondary N) is 2. The highest BCUT2D eigenvalue weighted by Gasteiger charge is 2.21. The molecule has 2 amide bonds. The van der Waals surface area contributed by atoms with Crippen LogP contribution in [-0.2, 0) is 4.79 Å². The van der Waals surface area contributed by atoms with Gasteiger partial charge in [0.1, 0.15) is 11.9 Å². The van der Waals surface area contributed by atoms with E-state index in [0.717, 1.165) is 12.1 Å². The van der Waals surface area contributed by atoms with E-state index in [4.69, 9.17) is 16.7 Å². The molecule has 110 valence electrons. The first-order chi connectivity index (χ1) is 9.29. The number of carboxylic acids is 1. The van der Waals surface area contributed by atoms with Crippen LogP contribution in [0.2, 0.25) is 5.02 Å². The lowest BCUT2D eigenvalue weighted by Gasteiger charge is -2.17. The molecule has 7 heteroatoms. The largest absolute Gasteiger partial charge is 0.480 e. The number of anilines is 1. The Morgan fingerprint density at radius 1 is 1.40 bits per heavy atom. The minimum atomic E-state index is -1.11. The summed E-state index contributed by atoms with van der Waals surface area (Å²) in [5.74, 6) is -1.52. The summed E-state index contributed by atoms with van der Waals surface area (Å²) in [6, 6.07) is 1.81. The second-order valence-electron chi connectivity index (χ2n) is 4.74. The number of halogens is 2. The van der Waals surface area contributed by atoms with Crippen molar-refractivity contribution in [3.8, 4) is 0 Å². The number of aliphatic carboxylic acids is 1. The van der Waals surface area contributed by atoms with Crippen LogP contribution in [0.4, 0.5) is 14.9 Å². The fourth-order valence-corrected chi connectivity index (χ4v) is 1.81. The van der Waals surface area contributed by atoms with Crippen LogP contribution in [0, 0.1) is 11.7 Å². The molecule has 0 radical (unpaired) electrons. The van der Waals surface area contributed by atoms with Crippen LogP contribution in [0.1, 0.15) is 20.3 Å². The first-order valence-corrected chi connectivity index (χ1v) is 6.42. The Morgan fingerprint density at radius 3 is 2.55 bits per heavy atom. The highest BCUT2D eigenvalue weighted by atomic mass is 35.5. The van der Waals surface area contributed by atoms with Gasteiger partial charge in [-0.25, -0.2) is 14.0 Å². The molecule has 0 saturated heterocycles. The van der Waals surface area contributed by atoms with Gasteiger partial charge in [-0.15, -0.1) is 0 Å². The van der Waals surface area contributed by atoms with Crippen molar-refractivity contribution in [1.29, 1.82) is 0 Å². The molecule has 1 aromatic rings. The molecule has 0 heterocycles. The van der Waals surface area contributed by atoms with E-state index in [-0.39, 0.29) is 16.6 Å². The van der Waals surface area contributed by atoms with Gasteiger partial charge in [0.25, 0.3) is 0 Å². The van der Waals surface area contributed by atoms with Gasteiger partial charge in [0.2, 0.25) is 0 Å². The number of rotatable bonds is 5.